The standard InChI is InChI=1S/C24H31N3O3/c1-17(19-9-8-18-6-4-5-7-20(18)14-19)25-23(28)15-27(2)16-24(29)26-21-10-12-22(30-3)13-11-21/h8-14,17H,4-7,15-16H2,1-3H3,(H,25,28)(H,26,29)/p+1/t17-/m1/s1. The topological polar surface area (TPSA) is 71.9 Å². The van der Waals surface area contributed by atoms with E-state index in [9.17, 15) is 9.59 Å². The number of hydrogen-bond acceptors (Lipinski definition) is 3. The van der Waals surface area contributed by atoms with Gasteiger partial charge in [0.1, 0.15) is 5.75 Å². The van der Waals surface area contributed by atoms with Gasteiger partial charge in [0, 0.05) is 5.69 Å². The first-order valence-corrected chi connectivity index (χ1v) is 10.6. The molecule has 6 heteroatoms. The van der Waals surface area contributed by atoms with Gasteiger partial charge in [-0.05, 0) is 73.6 Å². The summed E-state index contributed by atoms with van der Waals surface area (Å²) in [5.41, 5.74) is 4.70. The second-order valence-corrected chi connectivity index (χ2v) is 8.11. The van der Waals surface area contributed by atoms with Gasteiger partial charge in [0.15, 0.2) is 13.1 Å². The molecule has 160 valence electrons. The summed E-state index contributed by atoms with van der Waals surface area (Å²) in [6.45, 7) is 2.46. The SMILES string of the molecule is COc1ccc(NC(=O)C[NH+](C)CC(=O)N[C@H](C)c2ccc3c(c2)CCCC3)cc1. The Morgan fingerprint density at radius 3 is 2.37 bits per heavy atom. The fraction of sp³-hybridized carbons (Fsp3) is 0.417. The van der Waals surface area contributed by atoms with E-state index in [1.807, 2.05) is 14.0 Å². The Hall–Kier alpha value is -2.86. The molecule has 0 spiro atoms. The van der Waals surface area contributed by atoms with Crippen molar-refractivity contribution in [1.82, 2.24) is 5.32 Å². The van der Waals surface area contributed by atoms with Crippen molar-refractivity contribution in [1.29, 1.82) is 0 Å². The normalized spacial score (nSPS) is 14.9. The lowest BCUT2D eigenvalue weighted by molar-refractivity contribution is -0.862. The van der Waals surface area contributed by atoms with Crippen LogP contribution in [0.4, 0.5) is 5.69 Å². The lowest BCUT2D eigenvalue weighted by atomic mass is 9.89. The first kappa shape index (κ1) is 21.8. The summed E-state index contributed by atoms with van der Waals surface area (Å²) in [5.74, 6) is 0.545. The van der Waals surface area contributed by atoms with Crippen molar-refractivity contribution in [3.05, 3.63) is 59.2 Å². The highest BCUT2D eigenvalue weighted by atomic mass is 16.5. The van der Waals surface area contributed by atoms with E-state index < -0.39 is 0 Å². The number of nitrogens with one attached hydrogen (secondary N) is 3. The quantitative estimate of drug-likeness (QED) is 0.623. The maximum Gasteiger partial charge on any atom is 0.279 e. The van der Waals surface area contributed by atoms with Gasteiger partial charge in [0.05, 0.1) is 20.2 Å². The van der Waals surface area contributed by atoms with Gasteiger partial charge < -0.3 is 20.3 Å². The molecule has 3 rings (SSSR count). The molecule has 0 saturated carbocycles. The Morgan fingerprint density at radius 2 is 1.67 bits per heavy atom. The van der Waals surface area contributed by atoms with E-state index in [0.717, 1.165) is 29.1 Å². The lowest BCUT2D eigenvalue weighted by Gasteiger charge is -2.20. The number of rotatable bonds is 8. The molecule has 0 fully saturated rings. The van der Waals surface area contributed by atoms with Gasteiger partial charge in [0.25, 0.3) is 11.8 Å². The Labute approximate surface area is 178 Å². The van der Waals surface area contributed by atoms with Crippen LogP contribution in [0.2, 0.25) is 0 Å². The zero-order valence-corrected chi connectivity index (χ0v) is 18.1. The molecule has 0 aliphatic heterocycles. The van der Waals surface area contributed by atoms with Crippen molar-refractivity contribution in [2.24, 2.45) is 0 Å². The summed E-state index contributed by atoms with van der Waals surface area (Å²) in [7, 11) is 3.44. The molecule has 6 nitrogen and oxygen atoms in total. The number of aryl methyl sites for hydroxylation is 2. The molecule has 2 aromatic carbocycles. The summed E-state index contributed by atoms with van der Waals surface area (Å²) in [5, 5.41) is 5.91. The van der Waals surface area contributed by atoms with Crippen molar-refractivity contribution in [2.75, 3.05) is 32.6 Å². The van der Waals surface area contributed by atoms with E-state index in [1.165, 1.54) is 24.0 Å². The Balaban J connectivity index is 1.45. The minimum atomic E-state index is -0.131. The highest BCUT2D eigenvalue weighted by molar-refractivity contribution is 5.91. The van der Waals surface area contributed by atoms with E-state index in [1.54, 1.807) is 31.4 Å². The van der Waals surface area contributed by atoms with Gasteiger partial charge in [-0.1, -0.05) is 18.2 Å². The Morgan fingerprint density at radius 1 is 1.00 bits per heavy atom. The van der Waals surface area contributed by atoms with Crippen LogP contribution < -0.4 is 20.3 Å². The zero-order valence-electron chi connectivity index (χ0n) is 18.1. The first-order chi connectivity index (χ1) is 14.4. The fourth-order valence-corrected chi connectivity index (χ4v) is 3.89. The molecular weight excluding hydrogens is 378 g/mol. The molecule has 0 bridgehead atoms. The lowest BCUT2D eigenvalue weighted by Crippen LogP contribution is -3.11. The smallest absolute Gasteiger partial charge is 0.279 e. The van der Waals surface area contributed by atoms with Crippen molar-refractivity contribution >= 4 is 17.5 Å². The number of anilines is 1. The molecule has 30 heavy (non-hydrogen) atoms. The molecule has 3 N–H and O–H groups in total. The highest BCUT2D eigenvalue weighted by Gasteiger charge is 2.18. The van der Waals surface area contributed by atoms with E-state index in [-0.39, 0.29) is 30.9 Å². The largest absolute Gasteiger partial charge is 0.497 e. The molecule has 2 amide bonds. The number of benzene rings is 2. The van der Waals surface area contributed by atoms with Crippen LogP contribution in [0.3, 0.4) is 0 Å². The number of hydrogen-bond donors (Lipinski definition) is 3. The van der Waals surface area contributed by atoms with Crippen molar-refractivity contribution in [3.63, 3.8) is 0 Å². The number of likely N-dealkylation sites (N-methyl/N-ethyl adjacent to an activating group) is 1. The maximum atomic E-state index is 12.5. The van der Waals surface area contributed by atoms with Crippen LogP contribution in [0.1, 0.15) is 42.5 Å². The third-order valence-corrected chi connectivity index (χ3v) is 5.55. The summed E-state index contributed by atoms with van der Waals surface area (Å²) >= 11 is 0. The summed E-state index contributed by atoms with van der Waals surface area (Å²) in [6.07, 6.45) is 4.78. The van der Waals surface area contributed by atoms with Crippen LogP contribution in [0.15, 0.2) is 42.5 Å². The molecule has 0 heterocycles. The van der Waals surface area contributed by atoms with E-state index >= 15 is 0 Å². The number of carbonyl (C=O) groups excluding carboxylic acids is 2. The van der Waals surface area contributed by atoms with Gasteiger partial charge >= 0.3 is 0 Å². The van der Waals surface area contributed by atoms with Crippen LogP contribution in [0.25, 0.3) is 0 Å². The number of quaternary nitrogens is 1. The van der Waals surface area contributed by atoms with E-state index in [0.29, 0.717) is 5.69 Å². The van der Waals surface area contributed by atoms with Crippen molar-refractivity contribution in [2.45, 2.75) is 38.6 Å². The fourth-order valence-electron chi connectivity index (χ4n) is 3.89. The van der Waals surface area contributed by atoms with Crippen molar-refractivity contribution < 1.29 is 19.2 Å². The van der Waals surface area contributed by atoms with Crippen molar-refractivity contribution in [3.8, 4) is 5.75 Å². The Kier molecular flexibility index (Phi) is 7.46. The minimum Gasteiger partial charge on any atom is -0.497 e. The minimum absolute atomic E-state index is 0.0503. The molecule has 1 aliphatic rings. The number of fused-ring (bicyclic) bond motifs is 1. The van der Waals surface area contributed by atoms with Crippen LogP contribution in [-0.2, 0) is 22.4 Å². The van der Waals surface area contributed by atoms with E-state index in [4.69, 9.17) is 4.74 Å². The first-order valence-electron chi connectivity index (χ1n) is 10.6. The van der Waals surface area contributed by atoms with Crippen LogP contribution in [0.5, 0.6) is 5.75 Å². The monoisotopic (exact) mass is 410 g/mol. The summed E-state index contributed by atoms with van der Waals surface area (Å²) < 4.78 is 5.11. The molecule has 1 unspecified atom stereocenters. The predicted octanol–water partition coefficient (Wildman–Crippen LogP) is 1.90. The van der Waals surface area contributed by atoms with Gasteiger partial charge in [-0.15, -0.1) is 0 Å². The molecular formula is C24H32N3O3+. The zero-order chi connectivity index (χ0) is 21.5. The number of methoxy groups -OCH3 is 1. The molecule has 0 saturated heterocycles. The predicted molar refractivity (Wildman–Crippen MR) is 118 cm³/mol. The number of ether oxygens (including phenoxy) is 1. The van der Waals surface area contributed by atoms with Gasteiger partial charge in [-0.3, -0.25) is 9.59 Å². The van der Waals surface area contributed by atoms with Crippen LogP contribution in [-0.4, -0.2) is 39.1 Å². The van der Waals surface area contributed by atoms with Gasteiger partial charge in [-0.2, -0.15) is 0 Å². The van der Waals surface area contributed by atoms with Gasteiger partial charge in [0.2, 0.25) is 0 Å². The molecule has 2 aromatic rings. The average Bonchev–Trinajstić information content (AvgIpc) is 2.73. The average molecular weight is 411 g/mol. The molecule has 0 radical (unpaired) electrons. The second-order valence-electron chi connectivity index (χ2n) is 8.11. The van der Waals surface area contributed by atoms with Crippen LogP contribution >= 0.6 is 0 Å². The third kappa shape index (κ3) is 6.07. The summed E-state index contributed by atoms with van der Waals surface area (Å²) in [6, 6.07) is 13.7. The molecule has 2 atom stereocenters. The third-order valence-electron chi connectivity index (χ3n) is 5.55. The van der Waals surface area contributed by atoms with Crippen LogP contribution in [0, 0.1) is 0 Å². The summed E-state index contributed by atoms with van der Waals surface area (Å²) in [4.78, 5) is 25.5. The molecule has 1 aliphatic carbocycles. The van der Waals surface area contributed by atoms with E-state index in [2.05, 4.69) is 28.8 Å². The Bertz CT molecular complexity index is 880. The maximum absolute atomic E-state index is 12.5. The number of carbonyl (C=O) groups is 2. The van der Waals surface area contributed by atoms with Gasteiger partial charge in [-0.25, -0.2) is 0 Å². The highest BCUT2D eigenvalue weighted by Crippen LogP contribution is 2.24. The number of amides is 2. The molecule has 0 aromatic heterocycles. The second kappa shape index (κ2) is 10.3.